The van der Waals surface area contributed by atoms with E-state index in [0.717, 1.165) is 22.4 Å². The van der Waals surface area contributed by atoms with Gasteiger partial charge >= 0.3 is 0 Å². The highest BCUT2D eigenvalue weighted by molar-refractivity contribution is 5.47. The van der Waals surface area contributed by atoms with Gasteiger partial charge in [-0.1, -0.05) is 91.0 Å². The molecule has 3 nitrogen and oxygen atoms in total. The topological polar surface area (TPSA) is 44.5 Å². The fourth-order valence-corrected chi connectivity index (χ4v) is 3.84. The number of anilines is 1. The van der Waals surface area contributed by atoms with E-state index in [4.69, 9.17) is 15.2 Å². The summed E-state index contributed by atoms with van der Waals surface area (Å²) in [4.78, 5) is 0. The van der Waals surface area contributed by atoms with E-state index in [0.29, 0.717) is 12.3 Å². The van der Waals surface area contributed by atoms with Crippen molar-refractivity contribution in [3.63, 3.8) is 0 Å². The van der Waals surface area contributed by atoms with Crippen molar-refractivity contribution in [3.05, 3.63) is 132 Å². The number of hydrogen-bond donors (Lipinski definition) is 1. The van der Waals surface area contributed by atoms with E-state index in [-0.39, 0.29) is 6.10 Å². The first-order chi connectivity index (χ1) is 15.2. The smallest absolute Gasteiger partial charge is 0.144 e. The molecule has 0 aliphatic rings. The predicted molar refractivity (Wildman–Crippen MR) is 126 cm³/mol. The minimum absolute atomic E-state index is 0.182. The molecule has 156 valence electrons. The quantitative estimate of drug-likeness (QED) is 0.285. The van der Waals surface area contributed by atoms with Gasteiger partial charge in [0.1, 0.15) is 18.0 Å². The molecule has 2 N–H and O–H groups in total. The highest BCUT2D eigenvalue weighted by atomic mass is 16.5. The molecule has 3 heteroatoms. The van der Waals surface area contributed by atoms with Gasteiger partial charge in [-0.15, -0.1) is 0 Å². The van der Waals surface area contributed by atoms with Crippen LogP contribution in [0.1, 0.15) is 23.6 Å². The zero-order chi connectivity index (χ0) is 21.5. The van der Waals surface area contributed by atoms with Crippen molar-refractivity contribution in [1.29, 1.82) is 0 Å². The van der Waals surface area contributed by atoms with Crippen LogP contribution in [0.25, 0.3) is 0 Å². The molecule has 0 spiro atoms. The number of rotatable bonds is 8. The third kappa shape index (κ3) is 4.62. The molecule has 0 saturated heterocycles. The Labute approximate surface area is 184 Å². The van der Waals surface area contributed by atoms with Crippen LogP contribution in [-0.4, -0.2) is 12.7 Å². The van der Waals surface area contributed by atoms with Gasteiger partial charge in [-0.3, -0.25) is 0 Å². The third-order valence-electron chi connectivity index (χ3n) is 5.28. The number of benzene rings is 4. The third-order valence-corrected chi connectivity index (χ3v) is 5.28. The number of hydrogen-bond acceptors (Lipinski definition) is 3. The van der Waals surface area contributed by atoms with Gasteiger partial charge in [-0.2, -0.15) is 0 Å². The van der Waals surface area contributed by atoms with Gasteiger partial charge < -0.3 is 15.2 Å². The van der Waals surface area contributed by atoms with E-state index >= 15 is 0 Å². The van der Waals surface area contributed by atoms with Gasteiger partial charge in [-0.25, -0.2) is 0 Å². The van der Waals surface area contributed by atoms with Crippen molar-refractivity contribution in [3.8, 4) is 5.75 Å². The van der Waals surface area contributed by atoms with E-state index in [9.17, 15) is 0 Å². The Morgan fingerprint density at radius 2 is 1.06 bits per heavy atom. The van der Waals surface area contributed by atoms with Crippen LogP contribution in [0.4, 0.5) is 5.69 Å². The van der Waals surface area contributed by atoms with Crippen molar-refractivity contribution >= 4 is 5.69 Å². The summed E-state index contributed by atoms with van der Waals surface area (Å²) in [5, 5.41) is 0. The Bertz CT molecular complexity index is 968. The van der Waals surface area contributed by atoms with Crippen LogP contribution < -0.4 is 10.5 Å². The Kier molecular flexibility index (Phi) is 6.34. The van der Waals surface area contributed by atoms with Crippen LogP contribution in [0.5, 0.6) is 5.75 Å². The molecule has 4 aromatic rings. The van der Waals surface area contributed by atoms with Crippen LogP contribution >= 0.6 is 0 Å². The fourth-order valence-electron chi connectivity index (χ4n) is 3.84. The van der Waals surface area contributed by atoms with Crippen LogP contribution in [0.2, 0.25) is 0 Å². The lowest BCUT2D eigenvalue weighted by molar-refractivity contribution is -0.0559. The average molecular weight is 410 g/mol. The first-order valence-electron chi connectivity index (χ1n) is 10.5. The lowest BCUT2D eigenvalue weighted by Crippen LogP contribution is -2.38. The van der Waals surface area contributed by atoms with Gasteiger partial charge in [-0.05, 0) is 47.9 Å². The largest absolute Gasteiger partial charge is 0.491 e. The van der Waals surface area contributed by atoms with Crippen molar-refractivity contribution in [2.45, 2.75) is 18.6 Å². The molecule has 0 heterocycles. The van der Waals surface area contributed by atoms with Gasteiger partial charge in [0.05, 0.1) is 6.10 Å². The summed E-state index contributed by atoms with van der Waals surface area (Å²) in [6.45, 7) is 2.46. The van der Waals surface area contributed by atoms with Gasteiger partial charge in [0.2, 0.25) is 0 Å². The molecule has 31 heavy (non-hydrogen) atoms. The highest BCUT2D eigenvalue weighted by Gasteiger charge is 2.39. The Balaban J connectivity index is 1.72. The molecule has 0 bridgehead atoms. The first-order valence-corrected chi connectivity index (χ1v) is 10.5. The predicted octanol–water partition coefficient (Wildman–Crippen LogP) is 6.04. The minimum atomic E-state index is -0.756. The Morgan fingerprint density at radius 3 is 1.48 bits per heavy atom. The fraction of sp³-hybridized carbons (Fsp3) is 0.143. The molecule has 0 radical (unpaired) electrons. The molecule has 0 aliphatic heterocycles. The average Bonchev–Trinajstić information content (AvgIpc) is 2.84. The van der Waals surface area contributed by atoms with E-state index < -0.39 is 5.60 Å². The van der Waals surface area contributed by atoms with E-state index in [1.807, 2.05) is 49.4 Å². The number of ether oxygens (including phenoxy) is 2. The minimum Gasteiger partial charge on any atom is -0.491 e. The lowest BCUT2D eigenvalue weighted by atomic mass is 9.80. The first kappa shape index (κ1) is 20.7. The van der Waals surface area contributed by atoms with Gasteiger partial charge in [0.25, 0.3) is 0 Å². The molecule has 4 rings (SSSR count). The zero-order valence-corrected chi connectivity index (χ0v) is 17.6. The SMILES string of the molecule is C[C@@H](COc1ccc(N)cc1)OC(c1ccccc1)(c1ccccc1)c1ccccc1. The summed E-state index contributed by atoms with van der Waals surface area (Å²) in [5.74, 6) is 0.773. The summed E-state index contributed by atoms with van der Waals surface area (Å²) in [6.07, 6.45) is -0.182. The van der Waals surface area contributed by atoms with Gasteiger partial charge in [0.15, 0.2) is 0 Å². The summed E-state index contributed by atoms with van der Waals surface area (Å²) < 4.78 is 12.9. The van der Waals surface area contributed by atoms with Crippen molar-refractivity contribution in [2.75, 3.05) is 12.3 Å². The second-order valence-electron chi connectivity index (χ2n) is 7.59. The maximum absolute atomic E-state index is 6.89. The molecule has 0 aliphatic carbocycles. The molecule has 0 aromatic heterocycles. The van der Waals surface area contributed by atoms with E-state index in [1.165, 1.54) is 0 Å². The molecular formula is C28H27NO2. The summed E-state index contributed by atoms with van der Waals surface area (Å²) in [7, 11) is 0. The van der Waals surface area contributed by atoms with E-state index in [1.54, 1.807) is 0 Å². The Hall–Kier alpha value is -3.56. The molecule has 0 amide bonds. The maximum Gasteiger partial charge on any atom is 0.144 e. The maximum atomic E-state index is 6.89. The highest BCUT2D eigenvalue weighted by Crippen LogP contribution is 2.41. The molecule has 1 atom stereocenters. The Morgan fingerprint density at radius 1 is 0.645 bits per heavy atom. The van der Waals surface area contributed by atoms with Crippen LogP contribution in [-0.2, 0) is 10.3 Å². The monoisotopic (exact) mass is 409 g/mol. The van der Waals surface area contributed by atoms with Gasteiger partial charge in [0, 0.05) is 5.69 Å². The normalized spacial score (nSPS) is 12.3. The molecule has 0 saturated carbocycles. The van der Waals surface area contributed by atoms with Crippen LogP contribution in [0, 0.1) is 0 Å². The molecular weight excluding hydrogens is 382 g/mol. The lowest BCUT2D eigenvalue weighted by Gasteiger charge is -2.38. The summed E-state index contributed by atoms with van der Waals surface area (Å²) in [6, 6.07) is 38.5. The summed E-state index contributed by atoms with van der Waals surface area (Å²) in [5.41, 5.74) is 8.97. The van der Waals surface area contributed by atoms with Crippen molar-refractivity contribution in [2.24, 2.45) is 0 Å². The molecule has 0 fully saturated rings. The molecule has 0 unspecified atom stereocenters. The second-order valence-corrected chi connectivity index (χ2v) is 7.59. The summed E-state index contributed by atoms with van der Waals surface area (Å²) >= 11 is 0. The number of nitrogens with two attached hydrogens (primary N) is 1. The van der Waals surface area contributed by atoms with Crippen molar-refractivity contribution < 1.29 is 9.47 Å². The standard InChI is InChI=1S/C28H27NO2/c1-22(21-30-27-19-17-26(29)18-20-27)31-28(23-11-5-2-6-12-23,24-13-7-3-8-14-24)25-15-9-4-10-16-25/h2-20,22H,21,29H2,1H3/t22-/m0/s1. The van der Waals surface area contributed by atoms with Crippen LogP contribution in [0.3, 0.4) is 0 Å². The second kappa shape index (κ2) is 9.50. The number of nitrogen functional groups attached to an aromatic ring is 1. The molecule has 4 aromatic carbocycles. The van der Waals surface area contributed by atoms with Crippen LogP contribution in [0.15, 0.2) is 115 Å². The zero-order valence-electron chi connectivity index (χ0n) is 17.6. The van der Waals surface area contributed by atoms with E-state index in [2.05, 4.69) is 72.8 Å². The van der Waals surface area contributed by atoms with Crippen molar-refractivity contribution in [1.82, 2.24) is 0 Å².